The molecule has 0 bridgehead atoms. The predicted octanol–water partition coefficient (Wildman–Crippen LogP) is 6.10. The highest BCUT2D eigenvalue weighted by molar-refractivity contribution is 6.31. The van der Waals surface area contributed by atoms with Crippen LogP contribution in [0, 0.1) is 0 Å². The number of rotatable bonds is 10. The van der Waals surface area contributed by atoms with Crippen LogP contribution in [0.5, 0.6) is 5.75 Å². The highest BCUT2D eigenvalue weighted by atomic mass is 35.5. The summed E-state index contributed by atoms with van der Waals surface area (Å²) in [5.41, 5.74) is 1.86. The van der Waals surface area contributed by atoms with E-state index in [-0.39, 0.29) is 36.9 Å². The quantitative estimate of drug-likeness (QED) is 0.443. The first-order chi connectivity index (χ1) is 16.4. The van der Waals surface area contributed by atoms with Crippen molar-refractivity contribution in [3.8, 4) is 5.75 Å². The molecule has 0 heterocycles. The molecule has 2 aromatic carbocycles. The Morgan fingerprint density at radius 2 is 1.74 bits per heavy atom. The SMILES string of the molecule is CCC(C(=O)NC1CCCCC1)N(Cc1ccccc1Cl)C(=O)COc1ccccc1C(C)C. The van der Waals surface area contributed by atoms with Crippen molar-refractivity contribution in [2.24, 2.45) is 0 Å². The Kier molecular flexibility index (Phi) is 9.82. The van der Waals surface area contributed by atoms with E-state index < -0.39 is 6.04 Å². The van der Waals surface area contributed by atoms with E-state index in [9.17, 15) is 9.59 Å². The first-order valence-electron chi connectivity index (χ1n) is 12.5. The molecule has 2 aromatic rings. The summed E-state index contributed by atoms with van der Waals surface area (Å²) in [6, 6.07) is 14.8. The number of halogens is 1. The normalized spacial score (nSPS) is 15.1. The molecule has 1 saturated carbocycles. The van der Waals surface area contributed by atoms with E-state index in [4.69, 9.17) is 16.3 Å². The second kappa shape index (κ2) is 12.8. The Hall–Kier alpha value is -2.53. The maximum Gasteiger partial charge on any atom is 0.261 e. The number of para-hydroxylation sites is 1. The predicted molar refractivity (Wildman–Crippen MR) is 137 cm³/mol. The summed E-state index contributed by atoms with van der Waals surface area (Å²) in [5, 5.41) is 3.77. The van der Waals surface area contributed by atoms with Crippen LogP contribution in [0.25, 0.3) is 0 Å². The molecular weight excluding hydrogens is 448 g/mol. The van der Waals surface area contributed by atoms with Crippen molar-refractivity contribution in [1.82, 2.24) is 10.2 Å². The van der Waals surface area contributed by atoms with Gasteiger partial charge < -0.3 is 15.0 Å². The minimum atomic E-state index is -0.588. The van der Waals surface area contributed by atoms with Crippen molar-refractivity contribution in [1.29, 1.82) is 0 Å². The lowest BCUT2D eigenvalue weighted by atomic mass is 9.95. The third kappa shape index (κ3) is 6.99. The minimum absolute atomic E-state index is 0.0996. The van der Waals surface area contributed by atoms with Gasteiger partial charge in [0, 0.05) is 17.6 Å². The monoisotopic (exact) mass is 484 g/mol. The van der Waals surface area contributed by atoms with Gasteiger partial charge in [-0.2, -0.15) is 0 Å². The molecule has 0 radical (unpaired) electrons. The highest BCUT2D eigenvalue weighted by Gasteiger charge is 2.31. The van der Waals surface area contributed by atoms with Crippen LogP contribution < -0.4 is 10.1 Å². The smallest absolute Gasteiger partial charge is 0.261 e. The van der Waals surface area contributed by atoms with Crippen molar-refractivity contribution < 1.29 is 14.3 Å². The maximum atomic E-state index is 13.5. The highest BCUT2D eigenvalue weighted by Crippen LogP contribution is 2.26. The molecule has 1 N–H and O–H groups in total. The second-order valence-electron chi connectivity index (χ2n) is 9.36. The first kappa shape index (κ1) is 26.1. The lowest BCUT2D eigenvalue weighted by Crippen LogP contribution is -2.52. The molecule has 1 unspecified atom stereocenters. The van der Waals surface area contributed by atoms with Crippen molar-refractivity contribution >= 4 is 23.4 Å². The lowest BCUT2D eigenvalue weighted by molar-refractivity contribution is -0.143. The van der Waals surface area contributed by atoms with Crippen LogP contribution in [-0.2, 0) is 16.1 Å². The standard InChI is InChI=1S/C28H37ClN2O3/c1-4-25(28(33)30-22-13-6-5-7-14-22)31(18-21-12-8-10-16-24(21)29)27(32)19-34-26-17-11-9-15-23(26)20(2)3/h8-12,15-17,20,22,25H,4-7,13-14,18-19H2,1-3H3,(H,30,33). The van der Waals surface area contributed by atoms with Crippen molar-refractivity contribution in [3.63, 3.8) is 0 Å². The van der Waals surface area contributed by atoms with Crippen molar-refractivity contribution in [2.45, 2.75) is 83.8 Å². The number of carbonyl (C=O) groups excluding carboxylic acids is 2. The van der Waals surface area contributed by atoms with Gasteiger partial charge in [0.05, 0.1) is 0 Å². The molecule has 0 spiro atoms. The van der Waals surface area contributed by atoms with Crippen LogP contribution in [0.3, 0.4) is 0 Å². The fraction of sp³-hybridized carbons (Fsp3) is 0.500. The summed E-state index contributed by atoms with van der Waals surface area (Å²) >= 11 is 6.41. The summed E-state index contributed by atoms with van der Waals surface area (Å²) < 4.78 is 5.98. The number of carbonyl (C=O) groups is 2. The van der Waals surface area contributed by atoms with Gasteiger partial charge in [-0.25, -0.2) is 0 Å². The van der Waals surface area contributed by atoms with Gasteiger partial charge in [0.25, 0.3) is 5.91 Å². The zero-order valence-corrected chi connectivity index (χ0v) is 21.3. The molecule has 2 amide bonds. The third-order valence-electron chi connectivity index (χ3n) is 6.53. The van der Waals surface area contributed by atoms with Gasteiger partial charge in [-0.1, -0.05) is 88.0 Å². The number of hydrogen-bond acceptors (Lipinski definition) is 3. The fourth-order valence-electron chi connectivity index (χ4n) is 4.59. The Morgan fingerprint density at radius 1 is 1.06 bits per heavy atom. The van der Waals surface area contributed by atoms with Gasteiger partial charge in [0.1, 0.15) is 11.8 Å². The van der Waals surface area contributed by atoms with Gasteiger partial charge >= 0.3 is 0 Å². The number of amides is 2. The molecule has 6 heteroatoms. The molecule has 34 heavy (non-hydrogen) atoms. The van der Waals surface area contributed by atoms with Gasteiger partial charge in [-0.3, -0.25) is 9.59 Å². The molecule has 0 aromatic heterocycles. The number of nitrogens with zero attached hydrogens (tertiary/aromatic N) is 1. The number of ether oxygens (including phenoxy) is 1. The Balaban J connectivity index is 1.79. The largest absolute Gasteiger partial charge is 0.483 e. The average Bonchev–Trinajstić information content (AvgIpc) is 2.84. The molecule has 184 valence electrons. The molecule has 1 aliphatic carbocycles. The van der Waals surface area contributed by atoms with E-state index in [1.807, 2.05) is 49.4 Å². The number of benzene rings is 2. The van der Waals surface area contributed by atoms with E-state index in [2.05, 4.69) is 19.2 Å². The van der Waals surface area contributed by atoms with Gasteiger partial charge in [0.2, 0.25) is 5.91 Å². The summed E-state index contributed by atoms with van der Waals surface area (Å²) in [4.78, 5) is 28.4. The van der Waals surface area contributed by atoms with Crippen LogP contribution in [0.2, 0.25) is 5.02 Å². The van der Waals surface area contributed by atoms with Crippen LogP contribution in [0.4, 0.5) is 0 Å². The minimum Gasteiger partial charge on any atom is -0.483 e. The second-order valence-corrected chi connectivity index (χ2v) is 9.77. The van der Waals surface area contributed by atoms with Gasteiger partial charge in [0.15, 0.2) is 6.61 Å². The summed E-state index contributed by atoms with van der Waals surface area (Å²) in [6.07, 6.45) is 5.99. The van der Waals surface area contributed by atoms with E-state index in [0.717, 1.165) is 36.8 Å². The molecule has 0 saturated heterocycles. The van der Waals surface area contributed by atoms with Gasteiger partial charge in [-0.15, -0.1) is 0 Å². The summed E-state index contributed by atoms with van der Waals surface area (Å²) in [5.74, 6) is 0.639. The molecule has 1 atom stereocenters. The van der Waals surface area contributed by atoms with Crippen LogP contribution in [-0.4, -0.2) is 35.4 Å². The van der Waals surface area contributed by atoms with Crippen LogP contribution in [0.1, 0.15) is 76.3 Å². The zero-order chi connectivity index (χ0) is 24.5. The number of nitrogens with one attached hydrogen (secondary N) is 1. The molecule has 3 rings (SSSR count). The van der Waals surface area contributed by atoms with Crippen molar-refractivity contribution in [2.75, 3.05) is 6.61 Å². The Labute approximate surface area is 208 Å². The van der Waals surface area contributed by atoms with E-state index in [1.54, 1.807) is 11.0 Å². The Morgan fingerprint density at radius 3 is 2.41 bits per heavy atom. The van der Waals surface area contributed by atoms with Crippen LogP contribution in [0.15, 0.2) is 48.5 Å². The third-order valence-corrected chi connectivity index (χ3v) is 6.90. The Bertz CT molecular complexity index is 956. The van der Waals surface area contributed by atoms with E-state index >= 15 is 0 Å². The molecule has 5 nitrogen and oxygen atoms in total. The molecule has 1 fully saturated rings. The molecule has 0 aliphatic heterocycles. The van der Waals surface area contributed by atoms with Crippen molar-refractivity contribution in [3.05, 3.63) is 64.7 Å². The summed E-state index contributed by atoms with van der Waals surface area (Å²) in [6.45, 7) is 6.24. The topological polar surface area (TPSA) is 58.6 Å². The van der Waals surface area contributed by atoms with Crippen LogP contribution >= 0.6 is 11.6 Å². The van der Waals surface area contributed by atoms with E-state index in [1.165, 1.54) is 6.42 Å². The maximum absolute atomic E-state index is 13.5. The zero-order valence-electron chi connectivity index (χ0n) is 20.6. The summed E-state index contributed by atoms with van der Waals surface area (Å²) in [7, 11) is 0. The first-order valence-corrected chi connectivity index (χ1v) is 12.8. The van der Waals surface area contributed by atoms with E-state index in [0.29, 0.717) is 17.2 Å². The number of hydrogen-bond donors (Lipinski definition) is 1. The molecular formula is C28H37ClN2O3. The lowest BCUT2D eigenvalue weighted by Gasteiger charge is -2.33. The van der Waals surface area contributed by atoms with Gasteiger partial charge in [-0.05, 0) is 48.4 Å². The average molecular weight is 485 g/mol. The molecule has 1 aliphatic rings. The fourth-order valence-corrected chi connectivity index (χ4v) is 4.78.